The summed E-state index contributed by atoms with van der Waals surface area (Å²) in [7, 11) is 3.58. The second-order valence-corrected chi connectivity index (χ2v) is 9.25. The normalized spacial score (nSPS) is 21.2. The number of ether oxygens (including phenoxy) is 1. The highest BCUT2D eigenvalue weighted by Gasteiger charge is 2.44. The second kappa shape index (κ2) is 11.4. The molecule has 0 aromatic heterocycles. The number of amides is 2. The van der Waals surface area contributed by atoms with Crippen molar-refractivity contribution < 1.29 is 14.3 Å². The van der Waals surface area contributed by atoms with Crippen LogP contribution in [0.15, 0.2) is 61.3 Å². The van der Waals surface area contributed by atoms with Crippen LogP contribution in [0.3, 0.4) is 0 Å². The Morgan fingerprint density at radius 2 is 1.94 bits per heavy atom. The molecule has 2 saturated heterocycles. The molecule has 2 aliphatic heterocycles. The fraction of sp³-hybridized carbons (Fsp3) is 0.481. The lowest BCUT2D eigenvalue weighted by Crippen LogP contribution is -2.60. The van der Waals surface area contributed by atoms with Crippen molar-refractivity contribution in [2.24, 2.45) is 0 Å². The van der Waals surface area contributed by atoms with E-state index < -0.39 is 6.10 Å². The third-order valence-electron chi connectivity index (χ3n) is 6.47. The lowest BCUT2D eigenvalue weighted by molar-refractivity contribution is -0.184. The highest BCUT2D eigenvalue weighted by Crippen LogP contribution is 2.33. The Balaban J connectivity index is 1.52. The molecular weight excluding hydrogens is 414 g/mol. The SMILES string of the molecule is C=C/C=C\C=C\N1CC2(CCN(CCc3cccc(CC(=O)N(C)C)c3)CC2)OC(C)C1=O. The Morgan fingerprint density at radius 1 is 1.21 bits per heavy atom. The van der Waals surface area contributed by atoms with E-state index in [9.17, 15) is 9.59 Å². The summed E-state index contributed by atoms with van der Waals surface area (Å²) in [5.41, 5.74) is 2.05. The molecular formula is C27H37N3O3. The van der Waals surface area contributed by atoms with Crippen LogP contribution in [0.2, 0.25) is 0 Å². The Kier molecular flexibility index (Phi) is 8.64. The number of morpholine rings is 1. The summed E-state index contributed by atoms with van der Waals surface area (Å²) >= 11 is 0. The number of piperidine rings is 1. The molecule has 0 radical (unpaired) electrons. The van der Waals surface area contributed by atoms with E-state index in [0.717, 1.165) is 44.5 Å². The first-order valence-electron chi connectivity index (χ1n) is 11.8. The Hall–Kier alpha value is -2.70. The van der Waals surface area contributed by atoms with E-state index in [-0.39, 0.29) is 17.4 Å². The van der Waals surface area contributed by atoms with Gasteiger partial charge in [0.15, 0.2) is 0 Å². The van der Waals surface area contributed by atoms with Gasteiger partial charge in [-0.2, -0.15) is 0 Å². The van der Waals surface area contributed by atoms with Gasteiger partial charge in [-0.05, 0) is 43.4 Å². The average Bonchev–Trinajstić information content (AvgIpc) is 2.80. The Bertz CT molecular complexity index is 898. The van der Waals surface area contributed by atoms with Gasteiger partial charge in [-0.25, -0.2) is 0 Å². The van der Waals surface area contributed by atoms with Gasteiger partial charge >= 0.3 is 0 Å². The molecule has 1 unspecified atom stereocenters. The number of likely N-dealkylation sites (tertiary alicyclic amines) is 1. The summed E-state index contributed by atoms with van der Waals surface area (Å²) < 4.78 is 6.25. The minimum absolute atomic E-state index is 0.0129. The highest BCUT2D eigenvalue weighted by atomic mass is 16.5. The van der Waals surface area contributed by atoms with Gasteiger partial charge in [0.05, 0.1) is 18.6 Å². The van der Waals surface area contributed by atoms with Crippen LogP contribution >= 0.6 is 0 Å². The van der Waals surface area contributed by atoms with Gasteiger partial charge < -0.3 is 19.4 Å². The molecule has 1 aromatic rings. The largest absolute Gasteiger partial charge is 0.360 e. The van der Waals surface area contributed by atoms with Crippen LogP contribution in [0.4, 0.5) is 0 Å². The van der Waals surface area contributed by atoms with Crippen molar-refractivity contribution in [1.29, 1.82) is 0 Å². The molecule has 3 rings (SSSR count). The van der Waals surface area contributed by atoms with E-state index in [4.69, 9.17) is 4.74 Å². The molecule has 0 saturated carbocycles. The van der Waals surface area contributed by atoms with Gasteiger partial charge in [-0.3, -0.25) is 9.59 Å². The van der Waals surface area contributed by atoms with Gasteiger partial charge in [0, 0.05) is 39.9 Å². The van der Waals surface area contributed by atoms with E-state index >= 15 is 0 Å². The van der Waals surface area contributed by atoms with Crippen molar-refractivity contribution in [3.63, 3.8) is 0 Å². The van der Waals surface area contributed by atoms with Crippen LogP contribution in [0.5, 0.6) is 0 Å². The molecule has 1 aromatic carbocycles. The van der Waals surface area contributed by atoms with E-state index in [2.05, 4.69) is 23.6 Å². The zero-order valence-electron chi connectivity index (χ0n) is 20.2. The van der Waals surface area contributed by atoms with Crippen molar-refractivity contribution in [2.75, 3.05) is 40.3 Å². The number of rotatable bonds is 8. The van der Waals surface area contributed by atoms with E-state index in [1.54, 1.807) is 30.0 Å². The number of hydrogen-bond acceptors (Lipinski definition) is 4. The molecule has 2 fully saturated rings. The predicted octanol–water partition coefficient (Wildman–Crippen LogP) is 3.20. The molecule has 1 spiro atoms. The molecule has 178 valence electrons. The average molecular weight is 452 g/mol. The summed E-state index contributed by atoms with van der Waals surface area (Å²) in [6.07, 6.45) is 12.0. The van der Waals surface area contributed by atoms with Crippen LogP contribution in [-0.2, 0) is 27.2 Å². The third-order valence-corrected chi connectivity index (χ3v) is 6.47. The van der Waals surface area contributed by atoms with E-state index in [1.807, 2.05) is 43.5 Å². The predicted molar refractivity (Wildman–Crippen MR) is 132 cm³/mol. The van der Waals surface area contributed by atoms with Gasteiger partial charge in [-0.15, -0.1) is 0 Å². The number of benzene rings is 1. The smallest absolute Gasteiger partial charge is 0.255 e. The molecule has 0 aliphatic carbocycles. The molecule has 2 amide bonds. The quantitative estimate of drug-likeness (QED) is 0.570. The van der Waals surface area contributed by atoms with Gasteiger partial charge in [0.25, 0.3) is 5.91 Å². The highest BCUT2D eigenvalue weighted by molar-refractivity contribution is 5.82. The first kappa shape index (κ1) is 24.9. The Labute approximate surface area is 198 Å². The monoisotopic (exact) mass is 451 g/mol. The summed E-state index contributed by atoms with van der Waals surface area (Å²) in [4.78, 5) is 30.4. The van der Waals surface area contributed by atoms with Gasteiger partial charge in [0.1, 0.15) is 6.10 Å². The zero-order chi connectivity index (χ0) is 23.8. The molecule has 6 heteroatoms. The van der Waals surface area contributed by atoms with Gasteiger partial charge in [-0.1, -0.05) is 49.1 Å². The standard InChI is InChI=1S/C27H37N3O3/c1-5-6-7-8-15-30-21-27(33-22(2)26(30)32)13-17-29(18-14-27)16-12-23-10-9-11-24(19-23)20-25(31)28(3)4/h5-11,15,19,22H,1,12-14,16-18,20-21H2,2-4H3/b7-6-,15-8+. The molecule has 1 atom stereocenters. The molecule has 0 N–H and O–H groups in total. The second-order valence-electron chi connectivity index (χ2n) is 9.25. The first-order chi connectivity index (χ1) is 15.8. The van der Waals surface area contributed by atoms with Gasteiger partial charge in [0.2, 0.25) is 5.91 Å². The number of nitrogens with zero attached hydrogens (tertiary/aromatic N) is 3. The third kappa shape index (κ3) is 6.89. The van der Waals surface area contributed by atoms with Crippen LogP contribution < -0.4 is 0 Å². The molecule has 6 nitrogen and oxygen atoms in total. The summed E-state index contributed by atoms with van der Waals surface area (Å²) in [5, 5.41) is 0. The van der Waals surface area contributed by atoms with Crippen LogP contribution in [0.1, 0.15) is 30.9 Å². The molecule has 2 aliphatic rings. The number of carbonyl (C=O) groups excluding carboxylic acids is 2. The summed E-state index contributed by atoms with van der Waals surface area (Å²) in [6.45, 7) is 9.00. The number of hydrogen-bond donors (Lipinski definition) is 0. The summed E-state index contributed by atoms with van der Waals surface area (Å²) in [5.74, 6) is 0.133. The molecule has 0 bridgehead atoms. The number of likely N-dealkylation sites (N-methyl/N-ethyl adjacent to an activating group) is 1. The lowest BCUT2D eigenvalue weighted by Gasteiger charge is -2.48. The minimum Gasteiger partial charge on any atom is -0.360 e. The number of carbonyl (C=O) groups is 2. The maximum atomic E-state index is 12.5. The van der Waals surface area contributed by atoms with Crippen molar-refractivity contribution in [2.45, 2.75) is 44.3 Å². The van der Waals surface area contributed by atoms with Crippen molar-refractivity contribution >= 4 is 11.8 Å². The van der Waals surface area contributed by atoms with Crippen LogP contribution in [0.25, 0.3) is 0 Å². The van der Waals surface area contributed by atoms with Crippen molar-refractivity contribution in [3.8, 4) is 0 Å². The fourth-order valence-corrected chi connectivity index (χ4v) is 4.48. The van der Waals surface area contributed by atoms with E-state index in [1.165, 1.54) is 5.56 Å². The van der Waals surface area contributed by atoms with Crippen molar-refractivity contribution in [1.82, 2.24) is 14.7 Å². The van der Waals surface area contributed by atoms with Crippen LogP contribution in [0, 0.1) is 0 Å². The maximum Gasteiger partial charge on any atom is 0.255 e. The molecule has 2 heterocycles. The minimum atomic E-state index is -0.425. The van der Waals surface area contributed by atoms with Crippen molar-refractivity contribution in [3.05, 3.63) is 72.5 Å². The summed E-state index contributed by atoms with van der Waals surface area (Å²) in [6, 6.07) is 8.35. The molecule has 33 heavy (non-hydrogen) atoms. The maximum absolute atomic E-state index is 12.5. The Morgan fingerprint density at radius 3 is 2.64 bits per heavy atom. The van der Waals surface area contributed by atoms with E-state index in [0.29, 0.717) is 13.0 Å². The lowest BCUT2D eigenvalue weighted by atomic mass is 9.88. The van der Waals surface area contributed by atoms with Crippen LogP contribution in [-0.4, -0.2) is 78.5 Å². The topological polar surface area (TPSA) is 53.1 Å². The fourth-order valence-electron chi connectivity index (χ4n) is 4.48. The first-order valence-corrected chi connectivity index (χ1v) is 11.8. The number of allylic oxidation sites excluding steroid dienone is 4. The zero-order valence-corrected chi connectivity index (χ0v) is 20.2.